The zero-order chi connectivity index (χ0) is 18.1. The molecular formula is C18H31N3O3. The summed E-state index contributed by atoms with van der Waals surface area (Å²) < 4.78 is 7.05. The van der Waals surface area contributed by atoms with Crippen LogP contribution in [0.15, 0.2) is 0 Å². The normalized spacial score (nSPS) is 23.5. The molecule has 1 fully saturated rings. The van der Waals surface area contributed by atoms with Crippen molar-refractivity contribution in [3.63, 3.8) is 0 Å². The molecule has 24 heavy (non-hydrogen) atoms. The number of hydrogen-bond donors (Lipinski definition) is 1. The predicted octanol–water partition coefficient (Wildman–Crippen LogP) is 1.61. The molecule has 1 aromatic rings. The molecule has 2 rings (SSSR count). The van der Waals surface area contributed by atoms with Gasteiger partial charge in [-0.15, -0.1) is 0 Å². The van der Waals surface area contributed by atoms with E-state index >= 15 is 0 Å². The minimum atomic E-state index is -0.880. The second-order valence-corrected chi connectivity index (χ2v) is 7.69. The third-order valence-corrected chi connectivity index (χ3v) is 5.62. The van der Waals surface area contributed by atoms with Gasteiger partial charge in [-0.1, -0.05) is 13.8 Å². The molecule has 1 aliphatic heterocycles. The molecule has 0 bridgehead atoms. The van der Waals surface area contributed by atoms with E-state index in [1.165, 1.54) is 0 Å². The zero-order valence-electron chi connectivity index (χ0n) is 15.8. The van der Waals surface area contributed by atoms with Crippen molar-refractivity contribution in [1.29, 1.82) is 0 Å². The van der Waals surface area contributed by atoms with E-state index in [2.05, 4.69) is 5.10 Å². The summed E-state index contributed by atoms with van der Waals surface area (Å²) in [4.78, 5) is 14.5. The SMILES string of the molecule is COCC1(O)CCN(C(=O)CCc2c(C)nn(C)c2C)CC1(C)C. The van der Waals surface area contributed by atoms with E-state index in [-0.39, 0.29) is 5.91 Å². The number of aromatic nitrogens is 2. The number of carbonyl (C=O) groups is 1. The lowest BCUT2D eigenvalue weighted by molar-refractivity contribution is -0.163. The maximum atomic E-state index is 12.6. The van der Waals surface area contributed by atoms with Gasteiger partial charge in [-0.2, -0.15) is 5.10 Å². The van der Waals surface area contributed by atoms with Gasteiger partial charge in [-0.05, 0) is 32.3 Å². The Balaban J connectivity index is 1.99. The molecule has 0 saturated carbocycles. The highest BCUT2D eigenvalue weighted by molar-refractivity contribution is 5.76. The number of likely N-dealkylation sites (tertiary alicyclic amines) is 1. The van der Waals surface area contributed by atoms with Crippen molar-refractivity contribution < 1.29 is 14.6 Å². The van der Waals surface area contributed by atoms with E-state index < -0.39 is 11.0 Å². The largest absolute Gasteiger partial charge is 0.387 e. The molecule has 1 N–H and O–H groups in total. The molecule has 2 heterocycles. The second kappa shape index (κ2) is 6.84. The number of carbonyl (C=O) groups excluding carboxylic acids is 1. The van der Waals surface area contributed by atoms with Crippen molar-refractivity contribution in [2.45, 2.75) is 52.6 Å². The zero-order valence-corrected chi connectivity index (χ0v) is 15.8. The third-order valence-electron chi connectivity index (χ3n) is 5.62. The van der Waals surface area contributed by atoms with Crippen molar-refractivity contribution in [1.82, 2.24) is 14.7 Å². The number of hydrogen-bond acceptors (Lipinski definition) is 4. The van der Waals surface area contributed by atoms with E-state index in [0.717, 1.165) is 17.0 Å². The van der Waals surface area contributed by atoms with Crippen LogP contribution in [0.1, 0.15) is 43.6 Å². The van der Waals surface area contributed by atoms with Crippen LogP contribution in [0, 0.1) is 19.3 Å². The van der Waals surface area contributed by atoms with Gasteiger partial charge in [0.1, 0.15) is 0 Å². The van der Waals surface area contributed by atoms with E-state index in [0.29, 0.717) is 39.0 Å². The van der Waals surface area contributed by atoms with Gasteiger partial charge in [-0.25, -0.2) is 0 Å². The van der Waals surface area contributed by atoms with E-state index in [1.54, 1.807) is 7.11 Å². The van der Waals surface area contributed by atoms with Crippen molar-refractivity contribution in [3.8, 4) is 0 Å². The molecule has 1 aliphatic rings. The minimum Gasteiger partial charge on any atom is -0.387 e. The van der Waals surface area contributed by atoms with Gasteiger partial charge in [0.25, 0.3) is 0 Å². The molecule has 1 unspecified atom stereocenters. The summed E-state index contributed by atoms with van der Waals surface area (Å²) in [5.74, 6) is 0.144. The number of nitrogens with zero attached hydrogens (tertiary/aromatic N) is 3. The quantitative estimate of drug-likeness (QED) is 0.886. The molecule has 1 amide bonds. The van der Waals surface area contributed by atoms with Crippen LogP contribution in [-0.2, 0) is 23.0 Å². The molecular weight excluding hydrogens is 306 g/mol. The fourth-order valence-electron chi connectivity index (χ4n) is 3.65. The minimum absolute atomic E-state index is 0.144. The maximum absolute atomic E-state index is 12.6. The highest BCUT2D eigenvalue weighted by Gasteiger charge is 2.48. The van der Waals surface area contributed by atoms with Crippen molar-refractivity contribution >= 4 is 5.91 Å². The summed E-state index contributed by atoms with van der Waals surface area (Å²) in [5, 5.41) is 15.2. The number of amides is 1. The number of methoxy groups -OCH3 is 1. The van der Waals surface area contributed by atoms with Crippen LogP contribution in [-0.4, -0.2) is 58.1 Å². The number of aliphatic hydroxyl groups is 1. The van der Waals surface area contributed by atoms with E-state index in [4.69, 9.17) is 4.74 Å². The molecule has 1 aromatic heterocycles. The standard InChI is InChI=1S/C18H31N3O3/c1-13-15(14(2)20(5)19-13)7-8-16(22)21-10-9-18(23,12-24-6)17(3,4)11-21/h23H,7-12H2,1-6H3. The topological polar surface area (TPSA) is 67.6 Å². The molecule has 1 atom stereocenters. The monoisotopic (exact) mass is 337 g/mol. The van der Waals surface area contributed by atoms with Gasteiger partial charge in [0.2, 0.25) is 5.91 Å². The van der Waals surface area contributed by atoms with Crippen molar-refractivity contribution in [3.05, 3.63) is 17.0 Å². The van der Waals surface area contributed by atoms with Crippen LogP contribution in [0.5, 0.6) is 0 Å². The fourth-order valence-corrected chi connectivity index (χ4v) is 3.65. The summed E-state index contributed by atoms with van der Waals surface area (Å²) in [6.07, 6.45) is 1.74. The molecule has 1 saturated heterocycles. The molecule has 6 nitrogen and oxygen atoms in total. The lowest BCUT2D eigenvalue weighted by atomic mass is 9.70. The first kappa shape index (κ1) is 18.9. The van der Waals surface area contributed by atoms with E-state index in [9.17, 15) is 9.90 Å². The Bertz CT molecular complexity index is 609. The van der Waals surface area contributed by atoms with Crippen LogP contribution in [0.3, 0.4) is 0 Å². The Morgan fingerprint density at radius 2 is 2.04 bits per heavy atom. The number of aryl methyl sites for hydroxylation is 2. The maximum Gasteiger partial charge on any atom is 0.222 e. The Morgan fingerprint density at radius 1 is 1.38 bits per heavy atom. The lowest BCUT2D eigenvalue weighted by Gasteiger charge is -2.50. The van der Waals surface area contributed by atoms with Gasteiger partial charge in [0.05, 0.1) is 17.9 Å². The smallest absolute Gasteiger partial charge is 0.222 e. The Kier molecular flexibility index (Phi) is 5.40. The first-order chi connectivity index (χ1) is 11.1. The van der Waals surface area contributed by atoms with E-state index in [1.807, 2.05) is 44.3 Å². The van der Waals surface area contributed by atoms with Gasteiger partial charge in [0, 0.05) is 44.8 Å². The molecule has 6 heteroatoms. The Hall–Kier alpha value is -1.40. The summed E-state index contributed by atoms with van der Waals surface area (Å²) in [6.45, 7) is 9.46. The van der Waals surface area contributed by atoms with Crippen LogP contribution in [0.4, 0.5) is 0 Å². The molecule has 136 valence electrons. The molecule has 0 spiro atoms. The van der Waals surface area contributed by atoms with Crippen LogP contribution in [0.2, 0.25) is 0 Å². The summed E-state index contributed by atoms with van der Waals surface area (Å²) >= 11 is 0. The number of rotatable bonds is 5. The Labute approximate surface area is 144 Å². The van der Waals surface area contributed by atoms with Gasteiger partial charge in [-0.3, -0.25) is 9.48 Å². The second-order valence-electron chi connectivity index (χ2n) is 7.69. The first-order valence-electron chi connectivity index (χ1n) is 8.59. The fraction of sp³-hybridized carbons (Fsp3) is 0.778. The third kappa shape index (κ3) is 3.49. The molecule has 0 aliphatic carbocycles. The molecule has 0 radical (unpaired) electrons. The lowest BCUT2D eigenvalue weighted by Crippen LogP contribution is -2.60. The summed E-state index contributed by atoms with van der Waals surface area (Å²) in [6, 6.07) is 0. The number of piperidine rings is 1. The van der Waals surface area contributed by atoms with Crippen LogP contribution < -0.4 is 0 Å². The highest BCUT2D eigenvalue weighted by Crippen LogP contribution is 2.39. The summed E-state index contributed by atoms with van der Waals surface area (Å²) in [5.41, 5.74) is 2.01. The summed E-state index contributed by atoms with van der Waals surface area (Å²) in [7, 11) is 3.53. The first-order valence-corrected chi connectivity index (χ1v) is 8.59. The van der Waals surface area contributed by atoms with Gasteiger partial charge < -0.3 is 14.7 Å². The molecule has 0 aromatic carbocycles. The average Bonchev–Trinajstić information content (AvgIpc) is 2.73. The van der Waals surface area contributed by atoms with Crippen LogP contribution >= 0.6 is 0 Å². The van der Waals surface area contributed by atoms with Gasteiger partial charge >= 0.3 is 0 Å². The van der Waals surface area contributed by atoms with Crippen LogP contribution in [0.25, 0.3) is 0 Å². The van der Waals surface area contributed by atoms with Crippen molar-refractivity contribution in [2.24, 2.45) is 12.5 Å². The predicted molar refractivity (Wildman–Crippen MR) is 92.8 cm³/mol. The Morgan fingerprint density at radius 3 is 2.54 bits per heavy atom. The van der Waals surface area contributed by atoms with Crippen molar-refractivity contribution in [2.75, 3.05) is 26.8 Å². The average molecular weight is 337 g/mol. The highest BCUT2D eigenvalue weighted by atomic mass is 16.5. The number of ether oxygens (including phenoxy) is 1. The van der Waals surface area contributed by atoms with Gasteiger partial charge in [0.15, 0.2) is 0 Å².